The molecule has 1 aromatic rings. The third-order valence-electron chi connectivity index (χ3n) is 1.48. The molecule has 0 unspecified atom stereocenters. The van der Waals surface area contributed by atoms with Gasteiger partial charge >= 0.3 is 0 Å². The van der Waals surface area contributed by atoms with Crippen molar-refractivity contribution < 1.29 is 8.78 Å². The molecule has 0 bridgehead atoms. The molecular weight excluding hydrogens is 260 g/mol. The SMILES string of the molecule is N#CCCC(F)(F)c1cc(Br)cs1. The molecule has 0 spiro atoms. The lowest BCUT2D eigenvalue weighted by molar-refractivity contribution is -0.00809. The zero-order chi connectivity index (χ0) is 9.90. The molecule has 5 heteroatoms. The molecule has 1 rings (SSSR count). The van der Waals surface area contributed by atoms with E-state index in [0.29, 0.717) is 4.47 Å². The van der Waals surface area contributed by atoms with Gasteiger partial charge in [0, 0.05) is 22.7 Å². The van der Waals surface area contributed by atoms with Crippen LogP contribution in [0, 0.1) is 11.3 Å². The summed E-state index contributed by atoms with van der Waals surface area (Å²) in [7, 11) is 0. The lowest BCUT2D eigenvalue weighted by Crippen LogP contribution is -2.10. The summed E-state index contributed by atoms with van der Waals surface area (Å²) in [4.78, 5) is 0.00891. The standard InChI is InChI=1S/C8H6BrF2NS/c9-6-4-7(13-5-6)8(10,11)2-1-3-12/h4-5H,1-2H2. The first-order chi connectivity index (χ1) is 6.06. The van der Waals surface area contributed by atoms with Crippen LogP contribution < -0.4 is 0 Å². The molecule has 13 heavy (non-hydrogen) atoms. The van der Waals surface area contributed by atoms with Gasteiger partial charge in [-0.3, -0.25) is 0 Å². The van der Waals surface area contributed by atoms with Crippen LogP contribution in [0.15, 0.2) is 15.9 Å². The van der Waals surface area contributed by atoms with Crippen LogP contribution in [-0.2, 0) is 5.92 Å². The molecule has 0 saturated carbocycles. The maximum Gasteiger partial charge on any atom is 0.283 e. The Balaban J connectivity index is 2.75. The van der Waals surface area contributed by atoms with Crippen molar-refractivity contribution in [1.29, 1.82) is 5.26 Å². The molecule has 0 N–H and O–H groups in total. The van der Waals surface area contributed by atoms with Crippen molar-refractivity contribution in [1.82, 2.24) is 0 Å². The molecule has 0 atom stereocenters. The molecule has 70 valence electrons. The minimum Gasteiger partial charge on any atom is -0.200 e. The van der Waals surface area contributed by atoms with E-state index in [1.165, 1.54) is 6.07 Å². The average Bonchev–Trinajstić information content (AvgIpc) is 2.49. The number of thiophene rings is 1. The molecule has 1 aromatic heterocycles. The second kappa shape index (κ2) is 4.16. The first kappa shape index (κ1) is 10.6. The Labute approximate surface area is 87.1 Å². The fourth-order valence-corrected chi connectivity index (χ4v) is 2.28. The molecular formula is C8H6BrF2NS. The molecule has 0 aliphatic heterocycles. The van der Waals surface area contributed by atoms with Crippen LogP contribution in [-0.4, -0.2) is 0 Å². The number of hydrogen-bond acceptors (Lipinski definition) is 2. The summed E-state index contributed by atoms with van der Waals surface area (Å²) in [6.07, 6.45) is -0.529. The second-order valence-electron chi connectivity index (χ2n) is 2.49. The Bertz CT molecular complexity index is 329. The van der Waals surface area contributed by atoms with E-state index in [9.17, 15) is 8.78 Å². The highest BCUT2D eigenvalue weighted by Crippen LogP contribution is 2.37. The van der Waals surface area contributed by atoms with Gasteiger partial charge in [0.2, 0.25) is 0 Å². The Kier molecular flexibility index (Phi) is 3.40. The van der Waals surface area contributed by atoms with E-state index in [2.05, 4.69) is 15.9 Å². The first-order valence-electron chi connectivity index (χ1n) is 3.55. The summed E-state index contributed by atoms with van der Waals surface area (Å²) in [6, 6.07) is 3.10. The predicted molar refractivity (Wildman–Crippen MR) is 50.8 cm³/mol. The van der Waals surface area contributed by atoms with Crippen LogP contribution in [0.4, 0.5) is 8.78 Å². The Hall–Kier alpha value is -0.470. The van der Waals surface area contributed by atoms with Gasteiger partial charge in [-0.1, -0.05) is 0 Å². The molecule has 0 radical (unpaired) electrons. The molecule has 0 saturated heterocycles. The van der Waals surface area contributed by atoms with Crippen LogP contribution in [0.25, 0.3) is 0 Å². The van der Waals surface area contributed by atoms with Crippen molar-refractivity contribution in [3.8, 4) is 6.07 Å². The zero-order valence-electron chi connectivity index (χ0n) is 6.56. The van der Waals surface area contributed by atoms with Crippen molar-refractivity contribution in [3.05, 3.63) is 20.8 Å². The van der Waals surface area contributed by atoms with Gasteiger partial charge in [0.1, 0.15) is 0 Å². The van der Waals surface area contributed by atoms with Crippen molar-refractivity contribution in [2.24, 2.45) is 0 Å². The molecule has 1 nitrogen and oxygen atoms in total. The van der Waals surface area contributed by atoms with Gasteiger partial charge < -0.3 is 0 Å². The number of nitriles is 1. The largest absolute Gasteiger partial charge is 0.283 e. The Morgan fingerprint density at radius 2 is 2.31 bits per heavy atom. The van der Waals surface area contributed by atoms with Crippen LogP contribution >= 0.6 is 27.3 Å². The number of rotatable bonds is 3. The second-order valence-corrected chi connectivity index (χ2v) is 4.32. The van der Waals surface area contributed by atoms with E-state index in [1.807, 2.05) is 0 Å². The summed E-state index contributed by atoms with van der Waals surface area (Å²) in [6.45, 7) is 0. The summed E-state index contributed by atoms with van der Waals surface area (Å²) < 4.78 is 27.0. The lowest BCUT2D eigenvalue weighted by Gasteiger charge is -2.11. The monoisotopic (exact) mass is 265 g/mol. The van der Waals surface area contributed by atoms with Gasteiger partial charge in [-0.2, -0.15) is 5.26 Å². The molecule has 0 fully saturated rings. The van der Waals surface area contributed by atoms with E-state index >= 15 is 0 Å². The third-order valence-corrected chi connectivity index (χ3v) is 3.28. The van der Waals surface area contributed by atoms with Gasteiger partial charge in [-0.25, -0.2) is 8.78 Å². The molecule has 0 aliphatic carbocycles. The maximum absolute atomic E-state index is 13.2. The molecule has 0 aliphatic rings. The highest BCUT2D eigenvalue weighted by molar-refractivity contribution is 9.10. The minimum atomic E-state index is -2.87. The topological polar surface area (TPSA) is 23.8 Å². The molecule has 0 aromatic carbocycles. The first-order valence-corrected chi connectivity index (χ1v) is 5.23. The van der Waals surface area contributed by atoms with Crippen molar-refractivity contribution in [3.63, 3.8) is 0 Å². The fraction of sp³-hybridized carbons (Fsp3) is 0.375. The molecule has 1 heterocycles. The predicted octanol–water partition coefficient (Wildman–Crippen LogP) is 3.91. The van der Waals surface area contributed by atoms with Crippen LogP contribution in [0.2, 0.25) is 0 Å². The van der Waals surface area contributed by atoms with E-state index in [-0.39, 0.29) is 11.3 Å². The van der Waals surface area contributed by atoms with Crippen LogP contribution in [0.5, 0.6) is 0 Å². The summed E-state index contributed by atoms with van der Waals surface area (Å²) >= 11 is 4.11. The third kappa shape index (κ3) is 2.75. The highest BCUT2D eigenvalue weighted by Gasteiger charge is 2.32. The van der Waals surface area contributed by atoms with Crippen LogP contribution in [0.1, 0.15) is 17.7 Å². The summed E-state index contributed by atoms with van der Waals surface area (Å²) in [5, 5.41) is 9.80. The quantitative estimate of drug-likeness (QED) is 0.813. The minimum absolute atomic E-state index is 0.00891. The maximum atomic E-state index is 13.2. The fourth-order valence-electron chi connectivity index (χ4n) is 0.841. The number of hydrogen-bond donors (Lipinski definition) is 0. The van der Waals surface area contributed by atoms with Crippen molar-refractivity contribution in [2.45, 2.75) is 18.8 Å². The number of halogens is 3. The smallest absolute Gasteiger partial charge is 0.200 e. The van der Waals surface area contributed by atoms with Crippen LogP contribution in [0.3, 0.4) is 0 Å². The van der Waals surface area contributed by atoms with Gasteiger partial charge in [0.15, 0.2) is 0 Å². The number of nitrogens with zero attached hydrogens (tertiary/aromatic N) is 1. The normalized spacial score (nSPS) is 11.2. The average molecular weight is 266 g/mol. The zero-order valence-corrected chi connectivity index (χ0v) is 8.96. The Morgan fingerprint density at radius 3 is 2.77 bits per heavy atom. The van der Waals surface area contributed by atoms with Gasteiger partial charge in [0.25, 0.3) is 5.92 Å². The van der Waals surface area contributed by atoms with Gasteiger partial charge in [-0.05, 0) is 22.0 Å². The van der Waals surface area contributed by atoms with E-state index in [4.69, 9.17) is 5.26 Å². The van der Waals surface area contributed by atoms with Crippen molar-refractivity contribution >= 4 is 27.3 Å². The van der Waals surface area contributed by atoms with E-state index in [1.54, 1.807) is 11.4 Å². The molecule has 0 amide bonds. The lowest BCUT2D eigenvalue weighted by atomic mass is 10.1. The van der Waals surface area contributed by atoms with E-state index < -0.39 is 12.3 Å². The highest BCUT2D eigenvalue weighted by atomic mass is 79.9. The van der Waals surface area contributed by atoms with E-state index in [0.717, 1.165) is 11.3 Å². The van der Waals surface area contributed by atoms with Gasteiger partial charge in [-0.15, -0.1) is 11.3 Å². The number of alkyl halides is 2. The Morgan fingerprint density at radius 1 is 1.62 bits per heavy atom. The summed E-state index contributed by atoms with van der Waals surface area (Å²) in [5.74, 6) is -2.87. The van der Waals surface area contributed by atoms with Crippen molar-refractivity contribution in [2.75, 3.05) is 0 Å². The van der Waals surface area contributed by atoms with Gasteiger partial charge in [0.05, 0.1) is 10.9 Å². The summed E-state index contributed by atoms with van der Waals surface area (Å²) in [5.41, 5.74) is 0.